The van der Waals surface area contributed by atoms with E-state index in [1.165, 1.54) is 12.8 Å². The highest BCUT2D eigenvalue weighted by atomic mass is 16.2. The second-order valence-electron chi connectivity index (χ2n) is 7.21. The largest absolute Gasteiger partial charge is 0.336 e. The molecule has 2 aromatic rings. The van der Waals surface area contributed by atoms with Crippen molar-refractivity contribution in [2.75, 3.05) is 13.1 Å². The van der Waals surface area contributed by atoms with Crippen molar-refractivity contribution in [1.82, 2.24) is 19.8 Å². The molecule has 0 radical (unpaired) electrons. The number of amides is 1. The first kappa shape index (κ1) is 15.5. The lowest BCUT2D eigenvalue weighted by atomic mass is 10.1. The Labute approximate surface area is 142 Å². The molecule has 0 saturated carbocycles. The zero-order valence-corrected chi connectivity index (χ0v) is 14.4. The maximum Gasteiger partial charge on any atom is 0.274 e. The zero-order chi connectivity index (χ0) is 16.7. The van der Waals surface area contributed by atoms with E-state index >= 15 is 0 Å². The Morgan fingerprint density at radius 1 is 1.12 bits per heavy atom. The molecule has 0 aliphatic carbocycles. The maximum absolute atomic E-state index is 13.0. The van der Waals surface area contributed by atoms with Crippen molar-refractivity contribution in [3.05, 3.63) is 36.2 Å². The van der Waals surface area contributed by atoms with Crippen LogP contribution >= 0.6 is 0 Å². The van der Waals surface area contributed by atoms with Crippen molar-refractivity contribution < 1.29 is 4.79 Å². The molecule has 1 amide bonds. The van der Waals surface area contributed by atoms with Crippen LogP contribution in [0, 0.1) is 0 Å². The van der Waals surface area contributed by atoms with Gasteiger partial charge in [0.2, 0.25) is 0 Å². The van der Waals surface area contributed by atoms with Crippen molar-refractivity contribution >= 4 is 16.9 Å². The molecule has 1 aromatic heterocycles. The zero-order valence-electron chi connectivity index (χ0n) is 14.4. The van der Waals surface area contributed by atoms with Gasteiger partial charge < -0.3 is 4.90 Å². The third kappa shape index (κ3) is 2.67. The number of fused-ring (bicyclic) bond motifs is 3. The fourth-order valence-electron chi connectivity index (χ4n) is 4.36. The van der Waals surface area contributed by atoms with E-state index in [0.29, 0.717) is 23.8 Å². The molecule has 2 bridgehead atoms. The van der Waals surface area contributed by atoms with E-state index in [1.807, 2.05) is 29.2 Å². The maximum atomic E-state index is 13.0. The SMILES string of the molecule is CC(C)N1[C@H]2CC[C@H]1CN(C(=O)c1cnc3ccccc3n1)CC2. The first-order valence-electron chi connectivity index (χ1n) is 8.92. The average Bonchev–Trinajstić information content (AvgIpc) is 2.88. The minimum absolute atomic E-state index is 0.0181. The summed E-state index contributed by atoms with van der Waals surface area (Å²) in [7, 11) is 0. The van der Waals surface area contributed by atoms with Crippen LogP contribution in [-0.4, -0.2) is 56.9 Å². The van der Waals surface area contributed by atoms with Crippen LogP contribution in [-0.2, 0) is 0 Å². The van der Waals surface area contributed by atoms with Gasteiger partial charge in [-0.05, 0) is 45.2 Å². The van der Waals surface area contributed by atoms with Gasteiger partial charge in [-0.2, -0.15) is 0 Å². The third-order valence-corrected chi connectivity index (χ3v) is 5.39. The summed E-state index contributed by atoms with van der Waals surface area (Å²) in [5.74, 6) is 0.0181. The second kappa shape index (κ2) is 6.13. The topological polar surface area (TPSA) is 49.3 Å². The third-order valence-electron chi connectivity index (χ3n) is 5.39. The number of carbonyl (C=O) groups excluding carboxylic acids is 1. The number of para-hydroxylation sites is 2. The first-order valence-corrected chi connectivity index (χ1v) is 8.92. The van der Waals surface area contributed by atoms with Crippen LogP contribution in [0.3, 0.4) is 0 Å². The summed E-state index contributed by atoms with van der Waals surface area (Å²) in [6.07, 6.45) is 5.13. The van der Waals surface area contributed by atoms with E-state index in [0.717, 1.165) is 30.5 Å². The van der Waals surface area contributed by atoms with Gasteiger partial charge in [-0.25, -0.2) is 4.98 Å². The van der Waals surface area contributed by atoms with Crippen LogP contribution < -0.4 is 0 Å². The molecule has 5 nitrogen and oxygen atoms in total. The molecule has 24 heavy (non-hydrogen) atoms. The van der Waals surface area contributed by atoms with Crippen molar-refractivity contribution in [3.63, 3.8) is 0 Å². The van der Waals surface area contributed by atoms with E-state index in [4.69, 9.17) is 0 Å². The fourth-order valence-corrected chi connectivity index (χ4v) is 4.36. The monoisotopic (exact) mass is 324 g/mol. The van der Waals surface area contributed by atoms with E-state index in [2.05, 4.69) is 28.7 Å². The number of hydrogen-bond acceptors (Lipinski definition) is 4. The molecule has 2 aliphatic heterocycles. The molecule has 5 heteroatoms. The van der Waals surface area contributed by atoms with Gasteiger partial charge >= 0.3 is 0 Å². The summed E-state index contributed by atoms with van der Waals surface area (Å²) in [5, 5.41) is 0. The normalized spacial score (nSPS) is 24.5. The minimum Gasteiger partial charge on any atom is -0.336 e. The highest BCUT2D eigenvalue weighted by Crippen LogP contribution is 2.32. The average molecular weight is 324 g/mol. The number of rotatable bonds is 2. The summed E-state index contributed by atoms with van der Waals surface area (Å²) in [4.78, 5) is 26.5. The van der Waals surface area contributed by atoms with Gasteiger partial charge in [0.15, 0.2) is 0 Å². The van der Waals surface area contributed by atoms with Crippen LogP contribution in [0.4, 0.5) is 0 Å². The van der Waals surface area contributed by atoms with Crippen molar-refractivity contribution in [2.24, 2.45) is 0 Å². The molecule has 126 valence electrons. The molecular formula is C19H24N4O. The van der Waals surface area contributed by atoms with Gasteiger partial charge in [0.25, 0.3) is 5.91 Å². The number of benzene rings is 1. The van der Waals surface area contributed by atoms with Gasteiger partial charge in [0.1, 0.15) is 5.69 Å². The Hall–Kier alpha value is -2.01. The van der Waals surface area contributed by atoms with Crippen LogP contribution in [0.15, 0.2) is 30.5 Å². The molecule has 0 spiro atoms. The lowest BCUT2D eigenvalue weighted by Gasteiger charge is -2.32. The Balaban J connectivity index is 1.57. The molecule has 2 fully saturated rings. The lowest BCUT2D eigenvalue weighted by Crippen LogP contribution is -2.44. The summed E-state index contributed by atoms with van der Waals surface area (Å²) in [5.41, 5.74) is 2.07. The number of nitrogens with zero attached hydrogens (tertiary/aromatic N) is 4. The lowest BCUT2D eigenvalue weighted by molar-refractivity contribution is 0.0722. The highest BCUT2D eigenvalue weighted by Gasteiger charge is 2.39. The second-order valence-corrected chi connectivity index (χ2v) is 7.21. The standard InChI is InChI=1S/C19H24N4O/c1-13(2)23-14-7-8-15(23)12-22(10-9-14)19(24)18-11-20-16-5-3-4-6-17(16)21-18/h3-6,11,13-15H,7-10,12H2,1-2H3/t14-,15-/m0/s1. The van der Waals surface area contributed by atoms with Gasteiger partial charge in [0, 0.05) is 31.2 Å². The highest BCUT2D eigenvalue weighted by molar-refractivity contribution is 5.93. The molecule has 0 N–H and O–H groups in total. The molecule has 0 unspecified atom stereocenters. The smallest absolute Gasteiger partial charge is 0.274 e. The molecule has 2 atom stereocenters. The fraction of sp³-hybridized carbons (Fsp3) is 0.526. The van der Waals surface area contributed by atoms with E-state index < -0.39 is 0 Å². The number of likely N-dealkylation sites (tertiary alicyclic amines) is 1. The van der Waals surface area contributed by atoms with Crippen LogP contribution in [0.5, 0.6) is 0 Å². The molecule has 2 aliphatic rings. The van der Waals surface area contributed by atoms with Crippen molar-refractivity contribution in [3.8, 4) is 0 Å². The Morgan fingerprint density at radius 2 is 1.88 bits per heavy atom. The quantitative estimate of drug-likeness (QED) is 0.852. The predicted molar refractivity (Wildman–Crippen MR) is 93.8 cm³/mol. The Bertz CT molecular complexity index is 760. The van der Waals surface area contributed by atoms with Gasteiger partial charge in [0.05, 0.1) is 17.2 Å². The Morgan fingerprint density at radius 3 is 2.67 bits per heavy atom. The van der Waals surface area contributed by atoms with E-state index in [-0.39, 0.29) is 5.91 Å². The Kier molecular flexibility index (Phi) is 3.96. The van der Waals surface area contributed by atoms with E-state index in [1.54, 1.807) is 6.20 Å². The summed E-state index contributed by atoms with van der Waals surface area (Å²) < 4.78 is 0. The first-order chi connectivity index (χ1) is 11.6. The minimum atomic E-state index is 0.0181. The van der Waals surface area contributed by atoms with E-state index in [9.17, 15) is 4.79 Å². The molecule has 2 saturated heterocycles. The summed E-state index contributed by atoms with van der Waals surface area (Å²) >= 11 is 0. The number of hydrogen-bond donors (Lipinski definition) is 0. The number of aromatic nitrogens is 2. The van der Waals surface area contributed by atoms with Gasteiger partial charge in [-0.15, -0.1) is 0 Å². The van der Waals surface area contributed by atoms with Crippen molar-refractivity contribution in [2.45, 2.75) is 51.2 Å². The molecule has 1 aromatic carbocycles. The summed E-state index contributed by atoms with van der Waals surface area (Å²) in [6, 6.07) is 9.33. The molecule has 3 heterocycles. The molecular weight excluding hydrogens is 300 g/mol. The van der Waals surface area contributed by atoms with Gasteiger partial charge in [-0.3, -0.25) is 14.7 Å². The van der Waals surface area contributed by atoms with Crippen LogP contribution in [0.2, 0.25) is 0 Å². The number of carbonyl (C=O) groups is 1. The molecule has 4 rings (SSSR count). The van der Waals surface area contributed by atoms with Crippen LogP contribution in [0.1, 0.15) is 43.6 Å². The van der Waals surface area contributed by atoms with Gasteiger partial charge in [-0.1, -0.05) is 12.1 Å². The van der Waals surface area contributed by atoms with Crippen molar-refractivity contribution in [1.29, 1.82) is 0 Å². The predicted octanol–water partition coefficient (Wildman–Crippen LogP) is 2.72. The van der Waals surface area contributed by atoms with Crippen LogP contribution in [0.25, 0.3) is 11.0 Å². The summed E-state index contributed by atoms with van der Waals surface area (Å²) in [6.45, 7) is 6.15.